The van der Waals surface area contributed by atoms with Gasteiger partial charge in [-0.05, 0) is 40.4 Å². The van der Waals surface area contributed by atoms with Gasteiger partial charge in [-0.15, -0.1) is 5.54 Å². The van der Waals surface area contributed by atoms with Crippen molar-refractivity contribution in [2.75, 3.05) is 6.61 Å². The van der Waals surface area contributed by atoms with Crippen molar-refractivity contribution in [1.82, 2.24) is 0 Å². The first-order valence-electron chi connectivity index (χ1n) is 8.56. The lowest BCUT2D eigenvalue weighted by Gasteiger charge is -2.38. The predicted molar refractivity (Wildman–Crippen MR) is 105 cm³/mol. The number of carbonyl (C=O) groups is 1. The Morgan fingerprint density at radius 3 is 2.28 bits per heavy atom. The molecule has 5 nitrogen and oxygen atoms in total. The minimum absolute atomic E-state index is 0.231. The van der Waals surface area contributed by atoms with Gasteiger partial charge in [-0.1, -0.05) is 52.6 Å². The minimum Gasteiger partial charge on any atom is -0.480 e. The zero-order valence-corrected chi connectivity index (χ0v) is 16.9. The summed E-state index contributed by atoms with van der Waals surface area (Å²) in [5, 5.41) is 3.58. The van der Waals surface area contributed by atoms with Crippen molar-refractivity contribution in [3.05, 3.63) is 34.2 Å². The van der Waals surface area contributed by atoms with Gasteiger partial charge in [0.15, 0.2) is 0 Å². The molecule has 0 atom stereocenters. The highest BCUT2D eigenvalue weighted by Crippen LogP contribution is 2.40. The van der Waals surface area contributed by atoms with Gasteiger partial charge in [-0.3, -0.25) is 4.79 Å². The molecular formula is C19H27N3O2Si. The van der Waals surface area contributed by atoms with E-state index >= 15 is 0 Å². The van der Waals surface area contributed by atoms with Crippen molar-refractivity contribution in [2.45, 2.75) is 58.2 Å². The normalized spacial score (nSPS) is 11.1. The summed E-state index contributed by atoms with van der Waals surface area (Å²) in [5.74, 6) is 3.64. The Labute approximate surface area is 151 Å². The largest absolute Gasteiger partial charge is 0.480 e. The van der Waals surface area contributed by atoms with E-state index in [1.807, 2.05) is 0 Å². The molecule has 0 aromatic heterocycles. The van der Waals surface area contributed by atoms with Crippen LogP contribution in [-0.4, -0.2) is 21.0 Å². The van der Waals surface area contributed by atoms with Gasteiger partial charge in [0.1, 0.15) is 26.7 Å². The summed E-state index contributed by atoms with van der Waals surface area (Å²) < 4.78 is 5.69. The molecule has 0 N–H and O–H groups in total. The van der Waals surface area contributed by atoms with Crippen LogP contribution in [0.2, 0.25) is 16.6 Å². The molecule has 25 heavy (non-hydrogen) atoms. The molecule has 0 bridgehead atoms. The molecule has 0 aliphatic heterocycles. The second kappa shape index (κ2) is 9.31. The van der Waals surface area contributed by atoms with Gasteiger partial charge >= 0.3 is 0 Å². The summed E-state index contributed by atoms with van der Waals surface area (Å²) in [5.41, 5.74) is 14.7. The lowest BCUT2D eigenvalue weighted by Crippen LogP contribution is -2.43. The van der Waals surface area contributed by atoms with Gasteiger partial charge in [-0.2, -0.15) is 0 Å². The number of nitrogens with zero attached hydrogens (tertiary/aromatic N) is 3. The summed E-state index contributed by atoms with van der Waals surface area (Å²) in [6.07, 6.45) is 0.702. The van der Waals surface area contributed by atoms with Gasteiger partial charge in [0.2, 0.25) is 0 Å². The molecule has 1 aromatic carbocycles. The zero-order valence-electron chi connectivity index (χ0n) is 15.9. The third-order valence-electron chi connectivity index (χ3n) is 4.74. The van der Waals surface area contributed by atoms with Gasteiger partial charge in [-0.25, -0.2) is 0 Å². The standard InChI is InChI=1S/C19H27N3O2Si/c1-14(2)25(15(3)4,16(5)6)11-7-10-24-19-9-8-17(13-23)12-18(19)21-22-20/h8-9,12-16H,10H2,1-6H3. The molecule has 0 unspecified atom stereocenters. The lowest BCUT2D eigenvalue weighted by atomic mass is 10.2. The quantitative estimate of drug-likeness (QED) is 0.149. The van der Waals surface area contributed by atoms with Gasteiger partial charge in [0, 0.05) is 10.5 Å². The van der Waals surface area contributed by atoms with E-state index < -0.39 is 8.07 Å². The third-order valence-corrected chi connectivity index (χ3v) is 11.1. The number of carbonyl (C=O) groups excluding carboxylic acids is 1. The highest BCUT2D eigenvalue weighted by molar-refractivity contribution is 6.90. The third kappa shape index (κ3) is 4.88. The maximum Gasteiger partial charge on any atom is 0.150 e. The fourth-order valence-corrected chi connectivity index (χ4v) is 8.84. The molecule has 0 aliphatic rings. The fraction of sp³-hybridized carbons (Fsp3) is 0.526. The lowest BCUT2D eigenvalue weighted by molar-refractivity contribution is 0.112. The average Bonchev–Trinajstić information content (AvgIpc) is 2.55. The Kier molecular flexibility index (Phi) is 7.75. The number of hydrogen-bond donors (Lipinski definition) is 0. The molecule has 0 aliphatic carbocycles. The van der Waals surface area contributed by atoms with E-state index in [2.05, 4.69) is 63.0 Å². The van der Waals surface area contributed by atoms with Crippen LogP contribution in [-0.2, 0) is 0 Å². The molecule has 0 saturated heterocycles. The summed E-state index contributed by atoms with van der Waals surface area (Å²) in [6.45, 7) is 13.8. The molecule has 0 fully saturated rings. The Balaban J connectivity index is 3.02. The van der Waals surface area contributed by atoms with Crippen LogP contribution in [0.25, 0.3) is 10.4 Å². The first kappa shape index (κ1) is 20.8. The van der Waals surface area contributed by atoms with Crippen LogP contribution in [0.5, 0.6) is 5.75 Å². The highest BCUT2D eigenvalue weighted by Gasteiger charge is 2.41. The smallest absolute Gasteiger partial charge is 0.150 e. The Morgan fingerprint density at radius 2 is 1.80 bits per heavy atom. The maximum absolute atomic E-state index is 10.8. The monoisotopic (exact) mass is 357 g/mol. The summed E-state index contributed by atoms with van der Waals surface area (Å²) in [7, 11) is -1.78. The number of rotatable bonds is 7. The molecule has 6 heteroatoms. The highest BCUT2D eigenvalue weighted by atomic mass is 28.3. The van der Waals surface area contributed by atoms with E-state index in [0.717, 1.165) is 0 Å². The van der Waals surface area contributed by atoms with Crippen molar-refractivity contribution in [2.24, 2.45) is 5.11 Å². The minimum atomic E-state index is -1.78. The van der Waals surface area contributed by atoms with Crippen LogP contribution in [0.3, 0.4) is 0 Å². The van der Waals surface area contributed by atoms with Crippen molar-refractivity contribution in [3.63, 3.8) is 0 Å². The van der Waals surface area contributed by atoms with E-state index in [9.17, 15) is 4.79 Å². The van der Waals surface area contributed by atoms with E-state index in [1.54, 1.807) is 12.1 Å². The van der Waals surface area contributed by atoms with Crippen molar-refractivity contribution in [1.29, 1.82) is 0 Å². The van der Waals surface area contributed by atoms with Crippen LogP contribution >= 0.6 is 0 Å². The molecule has 1 rings (SSSR count). The number of benzene rings is 1. The summed E-state index contributed by atoms with van der Waals surface area (Å²) in [4.78, 5) is 13.6. The summed E-state index contributed by atoms with van der Waals surface area (Å²) >= 11 is 0. The van der Waals surface area contributed by atoms with Crippen LogP contribution < -0.4 is 4.74 Å². The first-order chi connectivity index (χ1) is 11.8. The van der Waals surface area contributed by atoms with Gasteiger partial charge < -0.3 is 4.74 Å². The van der Waals surface area contributed by atoms with E-state index in [-0.39, 0.29) is 6.61 Å². The Bertz CT molecular complexity index is 689. The molecule has 0 saturated carbocycles. The second-order valence-electron chi connectivity index (χ2n) is 7.02. The molecule has 0 spiro atoms. The molecule has 0 heterocycles. The van der Waals surface area contributed by atoms with Crippen LogP contribution in [0, 0.1) is 11.5 Å². The molecule has 1 aromatic rings. The zero-order chi connectivity index (χ0) is 19.0. The fourth-order valence-electron chi connectivity index (χ4n) is 3.59. The maximum atomic E-state index is 10.8. The van der Waals surface area contributed by atoms with E-state index in [0.29, 0.717) is 39.9 Å². The number of aldehydes is 1. The van der Waals surface area contributed by atoms with Crippen LogP contribution in [0.4, 0.5) is 5.69 Å². The van der Waals surface area contributed by atoms with Crippen LogP contribution in [0.15, 0.2) is 23.3 Å². The Hall–Kier alpha value is -2.22. The second-order valence-corrected chi connectivity index (χ2v) is 12.6. The average molecular weight is 358 g/mol. The SMILES string of the molecule is CC(C)[Si](C#CCOc1ccc(C=O)cc1N=[N+]=[N-])(C(C)C)C(C)C. The van der Waals surface area contributed by atoms with Gasteiger partial charge in [0.05, 0.1) is 5.69 Å². The van der Waals surface area contributed by atoms with E-state index in [4.69, 9.17) is 10.3 Å². The number of azide groups is 1. The van der Waals surface area contributed by atoms with Crippen molar-refractivity contribution >= 4 is 20.0 Å². The van der Waals surface area contributed by atoms with Crippen molar-refractivity contribution in [3.8, 4) is 17.2 Å². The molecule has 0 amide bonds. The van der Waals surface area contributed by atoms with Crippen molar-refractivity contribution < 1.29 is 9.53 Å². The Morgan fingerprint density at radius 1 is 1.20 bits per heavy atom. The molecular weight excluding hydrogens is 330 g/mol. The predicted octanol–water partition coefficient (Wildman–Crippen LogP) is 6.04. The number of ether oxygens (including phenoxy) is 1. The first-order valence-corrected chi connectivity index (χ1v) is 10.8. The molecule has 0 radical (unpaired) electrons. The summed E-state index contributed by atoms with van der Waals surface area (Å²) in [6, 6.07) is 4.76. The van der Waals surface area contributed by atoms with Gasteiger partial charge in [0.25, 0.3) is 0 Å². The van der Waals surface area contributed by atoms with Crippen LogP contribution in [0.1, 0.15) is 51.9 Å². The topological polar surface area (TPSA) is 75.1 Å². The number of hydrogen-bond acceptors (Lipinski definition) is 3. The molecule has 134 valence electrons. The van der Waals surface area contributed by atoms with E-state index in [1.165, 1.54) is 6.07 Å².